The highest BCUT2D eigenvalue weighted by Crippen LogP contribution is 2.25. The number of benzene rings is 2. The van der Waals surface area contributed by atoms with Crippen LogP contribution in [0.25, 0.3) is 0 Å². The molecular formula is C24H33IN4O3. The number of nitrogens with zero attached hydrogens (tertiary/aromatic N) is 2. The summed E-state index contributed by atoms with van der Waals surface area (Å²) in [4.78, 5) is 17.9. The molecule has 2 N–H and O–H groups in total. The molecule has 0 spiro atoms. The van der Waals surface area contributed by atoms with E-state index in [-0.39, 0.29) is 36.5 Å². The van der Waals surface area contributed by atoms with Crippen LogP contribution in [-0.2, 0) is 24.2 Å². The molecular weight excluding hydrogens is 519 g/mol. The van der Waals surface area contributed by atoms with E-state index in [0.29, 0.717) is 12.3 Å². The van der Waals surface area contributed by atoms with Crippen molar-refractivity contribution in [1.29, 1.82) is 0 Å². The number of carbonyl (C=O) groups excluding carboxylic acids is 1. The molecule has 3 rings (SSSR count). The molecule has 0 saturated heterocycles. The van der Waals surface area contributed by atoms with E-state index < -0.39 is 0 Å². The summed E-state index contributed by atoms with van der Waals surface area (Å²) in [6.07, 6.45) is 1.91. The van der Waals surface area contributed by atoms with Crippen LogP contribution in [-0.4, -0.2) is 57.2 Å². The second-order valence-corrected chi connectivity index (χ2v) is 7.64. The molecule has 7 nitrogen and oxygen atoms in total. The second kappa shape index (κ2) is 13.1. The Bertz CT molecular complexity index is 918. The van der Waals surface area contributed by atoms with Crippen molar-refractivity contribution in [2.45, 2.75) is 26.3 Å². The van der Waals surface area contributed by atoms with E-state index in [1.54, 1.807) is 14.1 Å². The summed E-state index contributed by atoms with van der Waals surface area (Å²) in [5.74, 6) is 2.39. The molecule has 1 heterocycles. The summed E-state index contributed by atoms with van der Waals surface area (Å²) in [7, 11) is 3.43. The van der Waals surface area contributed by atoms with Gasteiger partial charge in [0.1, 0.15) is 11.5 Å². The zero-order chi connectivity index (χ0) is 22.1. The molecule has 0 fully saturated rings. The lowest BCUT2D eigenvalue weighted by atomic mass is 10.1. The molecule has 2 aromatic carbocycles. The van der Waals surface area contributed by atoms with Crippen LogP contribution in [0.3, 0.4) is 0 Å². The third kappa shape index (κ3) is 7.89. The fourth-order valence-electron chi connectivity index (χ4n) is 3.24. The Morgan fingerprint density at radius 1 is 1.16 bits per heavy atom. The van der Waals surface area contributed by atoms with Gasteiger partial charge in [-0.2, -0.15) is 0 Å². The summed E-state index contributed by atoms with van der Waals surface area (Å²) < 4.78 is 11.2. The molecule has 8 heteroatoms. The minimum absolute atomic E-state index is 0. The highest BCUT2D eigenvalue weighted by atomic mass is 127. The Hall–Kier alpha value is -2.49. The molecule has 0 bridgehead atoms. The van der Waals surface area contributed by atoms with Crippen LogP contribution in [0.2, 0.25) is 0 Å². The molecule has 1 aliphatic rings. The zero-order valence-electron chi connectivity index (χ0n) is 19.0. The smallest absolute Gasteiger partial charge is 0.259 e. The molecule has 1 amide bonds. The number of hydrogen-bond acceptors (Lipinski definition) is 4. The molecule has 2 aromatic rings. The zero-order valence-corrected chi connectivity index (χ0v) is 21.3. The fraction of sp³-hybridized carbons (Fsp3) is 0.417. The first-order chi connectivity index (χ1) is 15.0. The van der Waals surface area contributed by atoms with Gasteiger partial charge < -0.3 is 25.0 Å². The third-order valence-electron chi connectivity index (χ3n) is 4.98. The molecule has 32 heavy (non-hydrogen) atoms. The quantitative estimate of drug-likeness (QED) is 0.284. The van der Waals surface area contributed by atoms with Crippen molar-refractivity contribution in [2.24, 2.45) is 4.99 Å². The number of likely N-dealkylation sites (N-methyl/N-ethyl adjacent to an activating group) is 1. The van der Waals surface area contributed by atoms with Crippen LogP contribution >= 0.6 is 24.0 Å². The molecule has 0 aromatic heterocycles. The Morgan fingerprint density at radius 3 is 2.78 bits per heavy atom. The molecule has 0 radical (unpaired) electrons. The lowest BCUT2D eigenvalue weighted by Gasteiger charge is -2.13. The summed E-state index contributed by atoms with van der Waals surface area (Å²) >= 11 is 0. The van der Waals surface area contributed by atoms with Crippen molar-refractivity contribution in [1.82, 2.24) is 15.5 Å². The number of fused-ring (bicyclic) bond motifs is 1. The SMILES string of the molecule is CCNC(=NCc1cccc(OCC(=O)N(C)C)c1)NCCc1ccc2c(c1)CCO2.I. The first-order valence-electron chi connectivity index (χ1n) is 10.7. The van der Waals surface area contributed by atoms with Crippen molar-refractivity contribution < 1.29 is 14.3 Å². The molecule has 0 atom stereocenters. The van der Waals surface area contributed by atoms with Gasteiger partial charge in [0.2, 0.25) is 0 Å². The molecule has 174 valence electrons. The van der Waals surface area contributed by atoms with Crippen molar-refractivity contribution in [3.63, 3.8) is 0 Å². The number of carbonyl (C=O) groups is 1. The maximum atomic E-state index is 11.7. The molecule has 0 aliphatic carbocycles. The topological polar surface area (TPSA) is 75.2 Å². The van der Waals surface area contributed by atoms with E-state index in [4.69, 9.17) is 9.47 Å². The maximum Gasteiger partial charge on any atom is 0.259 e. The first kappa shape index (κ1) is 25.8. The van der Waals surface area contributed by atoms with Gasteiger partial charge in [-0.1, -0.05) is 24.3 Å². The van der Waals surface area contributed by atoms with Crippen LogP contribution in [0.15, 0.2) is 47.5 Å². The third-order valence-corrected chi connectivity index (χ3v) is 4.98. The largest absolute Gasteiger partial charge is 0.493 e. The van der Waals surface area contributed by atoms with Crippen LogP contribution in [0, 0.1) is 0 Å². The Morgan fingerprint density at radius 2 is 2.00 bits per heavy atom. The van der Waals surface area contributed by atoms with Gasteiger partial charge in [-0.15, -0.1) is 24.0 Å². The number of amides is 1. The average Bonchev–Trinajstić information content (AvgIpc) is 3.24. The van der Waals surface area contributed by atoms with Crippen LogP contribution in [0.4, 0.5) is 0 Å². The Balaban J connectivity index is 0.00000363. The average molecular weight is 552 g/mol. The summed E-state index contributed by atoms with van der Waals surface area (Å²) in [5, 5.41) is 6.69. The van der Waals surface area contributed by atoms with Gasteiger partial charge in [0.05, 0.1) is 13.2 Å². The van der Waals surface area contributed by atoms with Gasteiger partial charge in [-0.05, 0) is 48.2 Å². The number of hydrogen-bond donors (Lipinski definition) is 2. The van der Waals surface area contributed by atoms with E-state index in [1.807, 2.05) is 31.2 Å². The van der Waals surface area contributed by atoms with Gasteiger partial charge in [0.25, 0.3) is 5.91 Å². The molecule has 0 unspecified atom stereocenters. The van der Waals surface area contributed by atoms with E-state index in [9.17, 15) is 4.79 Å². The highest BCUT2D eigenvalue weighted by Gasteiger charge is 2.12. The summed E-state index contributed by atoms with van der Waals surface area (Å²) in [6.45, 7) is 4.96. The van der Waals surface area contributed by atoms with Gasteiger partial charge in [-0.3, -0.25) is 4.79 Å². The van der Waals surface area contributed by atoms with Crippen LogP contribution in [0.5, 0.6) is 11.5 Å². The van der Waals surface area contributed by atoms with Crippen molar-refractivity contribution in [2.75, 3.05) is 40.4 Å². The molecule has 0 saturated carbocycles. The van der Waals surface area contributed by atoms with Gasteiger partial charge in [0.15, 0.2) is 12.6 Å². The summed E-state index contributed by atoms with van der Waals surface area (Å²) in [6, 6.07) is 14.1. The van der Waals surface area contributed by atoms with Gasteiger partial charge in [0, 0.05) is 33.6 Å². The lowest BCUT2D eigenvalue weighted by Crippen LogP contribution is -2.38. The standard InChI is InChI=1S/C24H32N4O3.HI/c1-4-25-24(26-12-10-18-8-9-22-20(14-18)11-13-30-22)27-16-19-6-5-7-21(15-19)31-17-23(29)28(2)3;/h5-9,14-15H,4,10-13,16-17H2,1-3H3,(H2,25,26,27);1H. The Labute approximate surface area is 207 Å². The first-order valence-corrected chi connectivity index (χ1v) is 10.7. The van der Waals surface area contributed by atoms with E-state index >= 15 is 0 Å². The van der Waals surface area contributed by atoms with Gasteiger partial charge >= 0.3 is 0 Å². The number of aliphatic imine (C=N–C) groups is 1. The highest BCUT2D eigenvalue weighted by molar-refractivity contribution is 14.0. The number of ether oxygens (including phenoxy) is 2. The second-order valence-electron chi connectivity index (χ2n) is 7.64. The van der Waals surface area contributed by atoms with E-state index in [0.717, 1.165) is 49.8 Å². The van der Waals surface area contributed by atoms with Crippen LogP contribution in [0.1, 0.15) is 23.6 Å². The number of halogens is 1. The van der Waals surface area contributed by atoms with E-state index in [2.05, 4.69) is 33.8 Å². The van der Waals surface area contributed by atoms with Crippen molar-refractivity contribution >= 4 is 35.8 Å². The lowest BCUT2D eigenvalue weighted by molar-refractivity contribution is -0.130. The fourth-order valence-corrected chi connectivity index (χ4v) is 3.24. The summed E-state index contributed by atoms with van der Waals surface area (Å²) in [5.41, 5.74) is 3.61. The predicted octanol–water partition coefficient (Wildman–Crippen LogP) is 3.00. The Kier molecular flexibility index (Phi) is 10.6. The van der Waals surface area contributed by atoms with Gasteiger partial charge in [-0.25, -0.2) is 4.99 Å². The minimum Gasteiger partial charge on any atom is -0.493 e. The van der Waals surface area contributed by atoms with Crippen LogP contribution < -0.4 is 20.1 Å². The number of nitrogens with one attached hydrogen (secondary N) is 2. The minimum atomic E-state index is -0.0713. The normalized spacial score (nSPS) is 12.3. The number of rotatable bonds is 9. The number of guanidine groups is 1. The van der Waals surface area contributed by atoms with E-state index in [1.165, 1.54) is 16.0 Å². The maximum absolute atomic E-state index is 11.7. The van der Waals surface area contributed by atoms with Crippen molar-refractivity contribution in [3.8, 4) is 11.5 Å². The molecule has 1 aliphatic heterocycles. The van der Waals surface area contributed by atoms with Crippen molar-refractivity contribution in [3.05, 3.63) is 59.2 Å². The predicted molar refractivity (Wildman–Crippen MR) is 138 cm³/mol. The monoisotopic (exact) mass is 552 g/mol.